The van der Waals surface area contributed by atoms with E-state index in [-0.39, 0.29) is 17.9 Å². The fraction of sp³-hybridized carbons (Fsp3) is 0.143. The van der Waals surface area contributed by atoms with Gasteiger partial charge in [-0.25, -0.2) is 0 Å². The highest BCUT2D eigenvalue weighted by atomic mass is 35.5. The van der Waals surface area contributed by atoms with Crippen molar-refractivity contribution in [2.75, 3.05) is 11.9 Å². The van der Waals surface area contributed by atoms with E-state index < -0.39 is 21.6 Å². The Hall–Kier alpha value is -2.71. The Morgan fingerprint density at radius 2 is 1.74 bits per heavy atom. The van der Waals surface area contributed by atoms with Crippen LogP contribution in [0.1, 0.15) is 11.7 Å². The number of benzene rings is 2. The molecular weight excluding hydrogens is 326 g/mol. The summed E-state index contributed by atoms with van der Waals surface area (Å²) in [6, 6.07) is 9.78. The number of hydrogen-bond acceptors (Lipinski definition) is 6. The summed E-state index contributed by atoms with van der Waals surface area (Å²) in [6.45, 7) is 0.000281. The van der Waals surface area contributed by atoms with Gasteiger partial charge in [0.25, 0.3) is 11.4 Å². The van der Waals surface area contributed by atoms with Crippen molar-refractivity contribution in [3.8, 4) is 0 Å². The third-order valence-corrected chi connectivity index (χ3v) is 3.38. The van der Waals surface area contributed by atoms with Crippen LogP contribution in [0.5, 0.6) is 0 Å². The Kier molecular flexibility index (Phi) is 5.09. The Labute approximate surface area is 135 Å². The van der Waals surface area contributed by atoms with Gasteiger partial charge in [0.1, 0.15) is 5.69 Å². The van der Waals surface area contributed by atoms with Crippen LogP contribution in [-0.4, -0.2) is 21.5 Å². The molecule has 0 aliphatic heterocycles. The molecule has 0 heterocycles. The summed E-state index contributed by atoms with van der Waals surface area (Å²) in [7, 11) is 0. The molecule has 0 bridgehead atoms. The molecule has 0 spiro atoms. The number of aliphatic hydroxyl groups excluding tert-OH is 1. The predicted molar refractivity (Wildman–Crippen MR) is 84.7 cm³/mol. The first kappa shape index (κ1) is 16.7. The zero-order valence-electron chi connectivity index (χ0n) is 11.7. The number of hydrogen-bond donors (Lipinski definition) is 2. The molecular formula is C14H12ClN3O5. The Bertz CT molecular complexity index is 736. The Morgan fingerprint density at radius 1 is 1.09 bits per heavy atom. The van der Waals surface area contributed by atoms with E-state index in [1.807, 2.05) is 0 Å². The van der Waals surface area contributed by atoms with E-state index in [1.165, 1.54) is 6.07 Å². The maximum Gasteiger partial charge on any atom is 0.299 e. The molecule has 0 aliphatic carbocycles. The van der Waals surface area contributed by atoms with Crippen LogP contribution >= 0.6 is 11.6 Å². The number of nitrogens with one attached hydrogen (secondary N) is 1. The van der Waals surface area contributed by atoms with Crippen molar-refractivity contribution in [1.82, 2.24) is 0 Å². The monoisotopic (exact) mass is 337 g/mol. The summed E-state index contributed by atoms with van der Waals surface area (Å²) in [5.41, 5.74) is -0.122. The molecule has 2 aromatic carbocycles. The fourth-order valence-electron chi connectivity index (χ4n) is 1.94. The Morgan fingerprint density at radius 3 is 2.30 bits per heavy atom. The molecule has 8 nitrogen and oxygen atoms in total. The molecule has 0 fully saturated rings. The quantitative estimate of drug-likeness (QED) is 0.616. The summed E-state index contributed by atoms with van der Waals surface area (Å²) >= 11 is 5.76. The zero-order valence-corrected chi connectivity index (χ0v) is 12.4. The number of anilines is 1. The molecule has 23 heavy (non-hydrogen) atoms. The first-order valence-electron chi connectivity index (χ1n) is 6.48. The molecule has 0 amide bonds. The van der Waals surface area contributed by atoms with Gasteiger partial charge in [0.15, 0.2) is 0 Å². The summed E-state index contributed by atoms with van der Waals surface area (Å²) < 4.78 is 0. The highest BCUT2D eigenvalue weighted by molar-refractivity contribution is 6.30. The highest BCUT2D eigenvalue weighted by Crippen LogP contribution is 2.29. The van der Waals surface area contributed by atoms with Crippen LogP contribution in [0.3, 0.4) is 0 Å². The lowest BCUT2D eigenvalue weighted by atomic mass is 10.1. The van der Waals surface area contributed by atoms with E-state index >= 15 is 0 Å². The van der Waals surface area contributed by atoms with Gasteiger partial charge in [0.2, 0.25) is 0 Å². The molecule has 1 atom stereocenters. The number of aliphatic hydroxyl groups is 1. The number of nitro benzene ring substituents is 2. The minimum absolute atomic E-state index is 0.000281. The van der Waals surface area contributed by atoms with E-state index in [9.17, 15) is 25.3 Å². The van der Waals surface area contributed by atoms with Gasteiger partial charge in [-0.15, -0.1) is 0 Å². The summed E-state index contributed by atoms with van der Waals surface area (Å²) in [6.07, 6.45) is -0.915. The molecule has 120 valence electrons. The number of nitro groups is 2. The normalized spacial score (nSPS) is 11.7. The molecule has 9 heteroatoms. The van der Waals surface area contributed by atoms with Gasteiger partial charge in [-0.2, -0.15) is 0 Å². The maximum atomic E-state index is 11.0. The van der Waals surface area contributed by atoms with Crippen molar-refractivity contribution >= 4 is 28.7 Å². The van der Waals surface area contributed by atoms with Crippen molar-refractivity contribution in [3.05, 3.63) is 73.3 Å². The van der Waals surface area contributed by atoms with E-state index in [0.717, 1.165) is 12.1 Å². The maximum absolute atomic E-state index is 11.0. The SMILES string of the molecule is O=[N+]([O-])c1ccc(NCC(O)c2ccc(Cl)cc2)c([N+](=O)[O-])c1. The average Bonchev–Trinajstić information content (AvgIpc) is 2.52. The van der Waals surface area contributed by atoms with Crippen molar-refractivity contribution in [1.29, 1.82) is 0 Å². The highest BCUT2D eigenvalue weighted by Gasteiger charge is 2.20. The van der Waals surface area contributed by atoms with Crippen LogP contribution in [0.15, 0.2) is 42.5 Å². The van der Waals surface area contributed by atoms with Crippen LogP contribution < -0.4 is 5.32 Å². The van der Waals surface area contributed by atoms with E-state index in [2.05, 4.69) is 5.32 Å². The van der Waals surface area contributed by atoms with Crippen LogP contribution in [0, 0.1) is 20.2 Å². The minimum atomic E-state index is -0.915. The summed E-state index contributed by atoms with van der Waals surface area (Å²) in [5, 5.41) is 35.0. The van der Waals surface area contributed by atoms with Gasteiger partial charge in [-0.05, 0) is 23.8 Å². The number of non-ortho nitro benzene ring substituents is 1. The zero-order chi connectivity index (χ0) is 17.0. The molecule has 0 radical (unpaired) electrons. The summed E-state index contributed by atoms with van der Waals surface area (Å²) in [5.74, 6) is 0. The number of rotatable bonds is 6. The van der Waals surface area contributed by atoms with Crippen LogP contribution in [-0.2, 0) is 0 Å². The fourth-order valence-corrected chi connectivity index (χ4v) is 2.07. The lowest BCUT2D eigenvalue weighted by Crippen LogP contribution is -2.13. The predicted octanol–water partition coefficient (Wildman–Crippen LogP) is 3.30. The largest absolute Gasteiger partial charge is 0.387 e. The van der Waals surface area contributed by atoms with Gasteiger partial charge >= 0.3 is 0 Å². The molecule has 2 N–H and O–H groups in total. The first-order valence-corrected chi connectivity index (χ1v) is 6.86. The second-order valence-corrected chi connectivity index (χ2v) is 5.10. The minimum Gasteiger partial charge on any atom is -0.387 e. The smallest absolute Gasteiger partial charge is 0.299 e. The van der Waals surface area contributed by atoms with Crippen LogP contribution in [0.25, 0.3) is 0 Å². The summed E-state index contributed by atoms with van der Waals surface area (Å²) in [4.78, 5) is 20.3. The van der Waals surface area contributed by atoms with E-state index in [1.54, 1.807) is 24.3 Å². The van der Waals surface area contributed by atoms with Crippen molar-refractivity contribution in [2.24, 2.45) is 0 Å². The molecule has 1 unspecified atom stereocenters. The molecule has 0 aliphatic rings. The van der Waals surface area contributed by atoms with Crippen molar-refractivity contribution in [3.63, 3.8) is 0 Å². The average molecular weight is 338 g/mol. The van der Waals surface area contributed by atoms with Crippen LogP contribution in [0.4, 0.5) is 17.1 Å². The standard InChI is InChI=1S/C14H12ClN3O5/c15-10-3-1-9(2-4-10)14(19)8-16-12-6-5-11(17(20)21)7-13(12)18(22)23/h1-7,14,16,19H,8H2. The third kappa shape index (κ3) is 4.15. The number of nitrogens with zero attached hydrogens (tertiary/aromatic N) is 2. The molecule has 0 aromatic heterocycles. The molecule has 0 saturated heterocycles. The van der Waals surface area contributed by atoms with E-state index in [4.69, 9.17) is 11.6 Å². The van der Waals surface area contributed by atoms with Crippen molar-refractivity contribution in [2.45, 2.75) is 6.10 Å². The topological polar surface area (TPSA) is 119 Å². The molecule has 2 aromatic rings. The second-order valence-electron chi connectivity index (χ2n) is 4.66. The van der Waals surface area contributed by atoms with Gasteiger partial charge in [0, 0.05) is 17.6 Å². The second kappa shape index (κ2) is 7.03. The van der Waals surface area contributed by atoms with Crippen LogP contribution in [0.2, 0.25) is 5.02 Å². The lowest BCUT2D eigenvalue weighted by molar-refractivity contribution is -0.393. The third-order valence-electron chi connectivity index (χ3n) is 3.13. The lowest BCUT2D eigenvalue weighted by Gasteiger charge is -2.13. The molecule has 0 saturated carbocycles. The number of halogens is 1. The van der Waals surface area contributed by atoms with Gasteiger partial charge in [0.05, 0.1) is 22.0 Å². The van der Waals surface area contributed by atoms with E-state index in [0.29, 0.717) is 10.6 Å². The molecule has 2 rings (SSSR count). The van der Waals surface area contributed by atoms with Gasteiger partial charge < -0.3 is 10.4 Å². The van der Waals surface area contributed by atoms with Gasteiger partial charge in [-0.3, -0.25) is 20.2 Å². The Balaban J connectivity index is 2.14. The van der Waals surface area contributed by atoms with Crippen molar-refractivity contribution < 1.29 is 15.0 Å². The van der Waals surface area contributed by atoms with Gasteiger partial charge in [-0.1, -0.05) is 23.7 Å². The first-order chi connectivity index (χ1) is 10.9.